The number of rotatable bonds is 3. The fourth-order valence-corrected chi connectivity index (χ4v) is 2.75. The summed E-state index contributed by atoms with van der Waals surface area (Å²) in [6, 6.07) is 7.05. The van der Waals surface area contributed by atoms with Crippen LogP contribution in [0.25, 0.3) is 0 Å². The average Bonchev–Trinajstić information content (AvgIpc) is 2.53. The van der Waals surface area contributed by atoms with Gasteiger partial charge in [-0.25, -0.2) is 0 Å². The molecule has 5 heteroatoms. The zero-order chi connectivity index (χ0) is 17.2. The normalized spacial score (nSPS) is 18.6. The number of piperidine rings is 1. The van der Waals surface area contributed by atoms with Gasteiger partial charge in [0.15, 0.2) is 0 Å². The highest BCUT2D eigenvalue weighted by Gasteiger charge is 2.31. The molecule has 0 radical (unpaired) electrons. The number of hydrogen-bond acceptors (Lipinski definition) is 3. The standard InChI is InChI=1S/C18H23NO4/c1-18(2,3)14-8-6-12(7-9-14)15(20)16(21)19-10-4-5-13(11-19)17(22)23/h6-9,13H,4-5,10-11H2,1-3H3,(H,22,23)/t13-/m0/s1. The van der Waals surface area contributed by atoms with E-state index in [1.165, 1.54) is 4.90 Å². The molecule has 1 aromatic rings. The number of carbonyl (C=O) groups is 3. The third-order valence-corrected chi connectivity index (χ3v) is 4.27. The van der Waals surface area contributed by atoms with Crippen molar-refractivity contribution < 1.29 is 19.5 Å². The van der Waals surface area contributed by atoms with Crippen molar-refractivity contribution in [2.45, 2.75) is 39.0 Å². The number of carbonyl (C=O) groups excluding carboxylic acids is 2. The molecule has 23 heavy (non-hydrogen) atoms. The lowest BCUT2D eigenvalue weighted by Crippen LogP contribution is -2.45. The molecule has 1 aliphatic heterocycles. The lowest BCUT2D eigenvalue weighted by Gasteiger charge is -2.30. The van der Waals surface area contributed by atoms with E-state index in [0.29, 0.717) is 24.9 Å². The quantitative estimate of drug-likeness (QED) is 0.686. The first-order valence-electron chi connectivity index (χ1n) is 7.87. The van der Waals surface area contributed by atoms with Crippen LogP contribution in [0.2, 0.25) is 0 Å². The molecule has 1 atom stereocenters. The molecule has 1 saturated heterocycles. The van der Waals surface area contributed by atoms with Crippen molar-refractivity contribution in [2.24, 2.45) is 5.92 Å². The van der Waals surface area contributed by atoms with Crippen LogP contribution in [0.1, 0.15) is 49.5 Å². The molecule has 1 aromatic carbocycles. The van der Waals surface area contributed by atoms with Gasteiger partial charge in [0.2, 0.25) is 5.78 Å². The van der Waals surface area contributed by atoms with E-state index in [-0.39, 0.29) is 12.0 Å². The molecular weight excluding hydrogens is 294 g/mol. The molecule has 0 spiro atoms. The van der Waals surface area contributed by atoms with Gasteiger partial charge in [-0.15, -0.1) is 0 Å². The molecule has 0 bridgehead atoms. The van der Waals surface area contributed by atoms with Gasteiger partial charge >= 0.3 is 5.97 Å². The van der Waals surface area contributed by atoms with E-state index in [2.05, 4.69) is 20.8 Å². The van der Waals surface area contributed by atoms with Crippen LogP contribution in [-0.2, 0) is 15.0 Å². The predicted octanol–water partition coefficient (Wildman–Crippen LogP) is 2.49. The largest absolute Gasteiger partial charge is 0.481 e. The first-order chi connectivity index (χ1) is 10.7. The molecular formula is C18H23NO4. The lowest BCUT2D eigenvalue weighted by atomic mass is 9.86. The van der Waals surface area contributed by atoms with Gasteiger partial charge in [0.25, 0.3) is 5.91 Å². The Kier molecular flexibility index (Phi) is 4.88. The maximum atomic E-state index is 12.3. The summed E-state index contributed by atoms with van der Waals surface area (Å²) in [5.41, 5.74) is 1.42. The maximum absolute atomic E-state index is 12.3. The smallest absolute Gasteiger partial charge is 0.308 e. The Hall–Kier alpha value is -2.17. The van der Waals surface area contributed by atoms with Crippen molar-refractivity contribution in [3.05, 3.63) is 35.4 Å². The summed E-state index contributed by atoms with van der Waals surface area (Å²) in [5.74, 6) is -2.68. The number of benzene rings is 1. The number of nitrogens with zero attached hydrogens (tertiary/aromatic N) is 1. The van der Waals surface area contributed by atoms with Crippen LogP contribution in [-0.4, -0.2) is 40.8 Å². The van der Waals surface area contributed by atoms with E-state index < -0.39 is 23.6 Å². The second-order valence-electron chi connectivity index (χ2n) is 7.09. The fourth-order valence-electron chi connectivity index (χ4n) is 2.75. The number of hydrogen-bond donors (Lipinski definition) is 1. The molecule has 1 amide bonds. The van der Waals surface area contributed by atoms with Crippen molar-refractivity contribution >= 4 is 17.7 Å². The lowest BCUT2D eigenvalue weighted by molar-refractivity contribution is -0.144. The summed E-state index contributed by atoms with van der Waals surface area (Å²) in [6.07, 6.45) is 1.16. The number of aliphatic carboxylic acids is 1. The molecule has 0 saturated carbocycles. The predicted molar refractivity (Wildman–Crippen MR) is 86.4 cm³/mol. The van der Waals surface area contributed by atoms with Gasteiger partial charge in [0.05, 0.1) is 5.92 Å². The van der Waals surface area contributed by atoms with Gasteiger partial charge in [-0.05, 0) is 23.8 Å². The minimum absolute atomic E-state index is 0.0207. The van der Waals surface area contributed by atoms with E-state index in [1.807, 2.05) is 12.1 Å². The van der Waals surface area contributed by atoms with Gasteiger partial charge in [0.1, 0.15) is 0 Å². The molecule has 1 heterocycles. The molecule has 5 nitrogen and oxygen atoms in total. The van der Waals surface area contributed by atoms with E-state index in [1.54, 1.807) is 12.1 Å². The highest BCUT2D eigenvalue weighted by Crippen LogP contribution is 2.23. The van der Waals surface area contributed by atoms with E-state index in [4.69, 9.17) is 5.11 Å². The molecule has 0 aromatic heterocycles. The van der Waals surface area contributed by atoms with Crippen molar-refractivity contribution in [3.8, 4) is 0 Å². The highest BCUT2D eigenvalue weighted by molar-refractivity contribution is 6.42. The zero-order valence-corrected chi connectivity index (χ0v) is 13.8. The Morgan fingerprint density at radius 1 is 1.13 bits per heavy atom. The summed E-state index contributed by atoms with van der Waals surface area (Å²) < 4.78 is 0. The Balaban J connectivity index is 2.10. The Morgan fingerprint density at radius 3 is 2.26 bits per heavy atom. The summed E-state index contributed by atoms with van der Waals surface area (Å²) in [5, 5.41) is 9.08. The molecule has 124 valence electrons. The first kappa shape index (κ1) is 17.2. The molecule has 2 rings (SSSR count). The third-order valence-electron chi connectivity index (χ3n) is 4.27. The van der Waals surface area contributed by atoms with Gasteiger partial charge in [-0.2, -0.15) is 0 Å². The number of carboxylic acid groups (broad SMARTS) is 1. The molecule has 1 N–H and O–H groups in total. The van der Waals surface area contributed by atoms with Crippen molar-refractivity contribution in [1.82, 2.24) is 4.90 Å². The van der Waals surface area contributed by atoms with Crippen LogP contribution in [0.3, 0.4) is 0 Å². The summed E-state index contributed by atoms with van der Waals surface area (Å²) in [6.45, 7) is 6.78. The topological polar surface area (TPSA) is 74.7 Å². The van der Waals surface area contributed by atoms with Crippen LogP contribution in [0.4, 0.5) is 0 Å². The van der Waals surface area contributed by atoms with Crippen LogP contribution < -0.4 is 0 Å². The highest BCUT2D eigenvalue weighted by atomic mass is 16.4. The average molecular weight is 317 g/mol. The van der Waals surface area contributed by atoms with E-state index in [9.17, 15) is 14.4 Å². The van der Waals surface area contributed by atoms with Gasteiger partial charge in [-0.1, -0.05) is 45.0 Å². The summed E-state index contributed by atoms with van der Waals surface area (Å²) in [4.78, 5) is 37.1. The molecule has 0 aliphatic carbocycles. The van der Waals surface area contributed by atoms with Crippen LogP contribution >= 0.6 is 0 Å². The number of ketones is 1. The Bertz CT molecular complexity index is 613. The second kappa shape index (κ2) is 6.52. The summed E-state index contributed by atoms with van der Waals surface area (Å²) >= 11 is 0. The minimum atomic E-state index is -0.913. The number of Topliss-reactive ketones (excluding diaryl/α,β-unsaturated/α-hetero) is 1. The maximum Gasteiger partial charge on any atom is 0.308 e. The van der Waals surface area contributed by atoms with Crippen LogP contribution in [0.5, 0.6) is 0 Å². The van der Waals surface area contributed by atoms with Gasteiger partial charge in [-0.3, -0.25) is 14.4 Å². The number of amides is 1. The molecule has 0 unspecified atom stereocenters. The first-order valence-corrected chi connectivity index (χ1v) is 7.87. The van der Waals surface area contributed by atoms with E-state index >= 15 is 0 Å². The molecule has 1 aliphatic rings. The SMILES string of the molecule is CC(C)(C)c1ccc(C(=O)C(=O)N2CCC[C@H](C(=O)O)C2)cc1. The van der Waals surface area contributed by atoms with Crippen LogP contribution in [0, 0.1) is 5.92 Å². The third kappa shape index (κ3) is 3.97. The van der Waals surface area contributed by atoms with Crippen molar-refractivity contribution in [2.75, 3.05) is 13.1 Å². The molecule has 1 fully saturated rings. The number of likely N-dealkylation sites (tertiary alicyclic amines) is 1. The van der Waals surface area contributed by atoms with Crippen molar-refractivity contribution in [3.63, 3.8) is 0 Å². The van der Waals surface area contributed by atoms with Gasteiger partial charge in [0, 0.05) is 18.7 Å². The Morgan fingerprint density at radius 2 is 1.74 bits per heavy atom. The van der Waals surface area contributed by atoms with Gasteiger partial charge < -0.3 is 10.0 Å². The van der Waals surface area contributed by atoms with Crippen molar-refractivity contribution in [1.29, 1.82) is 0 Å². The summed E-state index contributed by atoms with van der Waals surface area (Å²) in [7, 11) is 0. The second-order valence-corrected chi connectivity index (χ2v) is 7.09. The zero-order valence-electron chi connectivity index (χ0n) is 13.8. The van der Waals surface area contributed by atoms with E-state index in [0.717, 1.165) is 5.56 Å². The monoisotopic (exact) mass is 317 g/mol. The van der Waals surface area contributed by atoms with Crippen LogP contribution in [0.15, 0.2) is 24.3 Å². The number of carboxylic acids is 1. The Labute approximate surface area is 136 Å². The fraction of sp³-hybridized carbons (Fsp3) is 0.500. The minimum Gasteiger partial charge on any atom is -0.481 e.